The van der Waals surface area contributed by atoms with Crippen LogP contribution in [0.5, 0.6) is 0 Å². The Labute approximate surface area is 187 Å². The number of amides is 1. The minimum absolute atomic E-state index is 0.0213. The van der Waals surface area contributed by atoms with E-state index in [4.69, 9.17) is 0 Å². The first kappa shape index (κ1) is 23.0. The number of aliphatic hydroxyl groups excluding tert-OH is 1. The van der Waals surface area contributed by atoms with Gasteiger partial charge in [-0.15, -0.1) is 0 Å². The van der Waals surface area contributed by atoms with Crippen molar-refractivity contribution >= 4 is 15.9 Å². The van der Waals surface area contributed by atoms with E-state index in [0.717, 1.165) is 4.68 Å². The summed E-state index contributed by atoms with van der Waals surface area (Å²) in [6.45, 7) is 0.102. The van der Waals surface area contributed by atoms with Crippen molar-refractivity contribution in [3.63, 3.8) is 0 Å². The lowest BCUT2D eigenvalue weighted by atomic mass is 9.98. The Hall–Kier alpha value is -3.19. The van der Waals surface area contributed by atoms with Gasteiger partial charge in [-0.1, -0.05) is 18.2 Å². The predicted octanol–water partition coefficient (Wildman–Crippen LogP) is 1.65. The van der Waals surface area contributed by atoms with E-state index in [9.17, 15) is 31.5 Å². The van der Waals surface area contributed by atoms with Crippen molar-refractivity contribution in [3.8, 4) is 0 Å². The first-order chi connectivity index (χ1) is 15.6. The van der Waals surface area contributed by atoms with Crippen LogP contribution in [0.1, 0.15) is 28.3 Å². The smallest absolute Gasteiger partial charge is 0.302 e. The first-order valence-electron chi connectivity index (χ1n) is 9.91. The second-order valence-corrected chi connectivity index (χ2v) is 9.37. The van der Waals surface area contributed by atoms with Crippen LogP contribution in [-0.4, -0.2) is 56.3 Å². The zero-order chi connectivity index (χ0) is 23.9. The number of hydrogen-bond acceptors (Lipinski definition) is 6. The average Bonchev–Trinajstić information content (AvgIpc) is 3.42. The van der Waals surface area contributed by atoms with Gasteiger partial charge in [0.2, 0.25) is 10.9 Å². The van der Waals surface area contributed by atoms with Crippen LogP contribution in [0, 0.1) is 12.7 Å². The van der Waals surface area contributed by atoms with Crippen LogP contribution < -0.4 is 0 Å². The van der Waals surface area contributed by atoms with Gasteiger partial charge < -0.3 is 10.0 Å². The van der Waals surface area contributed by atoms with E-state index in [1.165, 1.54) is 42.4 Å². The van der Waals surface area contributed by atoms with Gasteiger partial charge in [0.05, 0.1) is 24.8 Å². The molecule has 33 heavy (non-hydrogen) atoms. The van der Waals surface area contributed by atoms with Gasteiger partial charge in [0.25, 0.3) is 6.43 Å². The van der Waals surface area contributed by atoms with Crippen LogP contribution in [0.25, 0.3) is 0 Å². The molecule has 0 saturated heterocycles. The van der Waals surface area contributed by atoms with Crippen LogP contribution in [0.2, 0.25) is 0 Å². The number of carbonyl (C=O) groups excluding carboxylic acids is 1. The van der Waals surface area contributed by atoms with E-state index in [0.29, 0.717) is 15.3 Å². The number of benzene rings is 1. The molecule has 9 nitrogen and oxygen atoms in total. The summed E-state index contributed by atoms with van der Waals surface area (Å²) in [4.78, 5) is 14.3. The molecule has 0 unspecified atom stereocenters. The third-order valence-electron chi connectivity index (χ3n) is 5.35. The van der Waals surface area contributed by atoms with Crippen LogP contribution >= 0.6 is 0 Å². The number of carbonyl (C=O) groups is 1. The van der Waals surface area contributed by atoms with E-state index < -0.39 is 52.3 Å². The number of fused-ring (bicyclic) bond motifs is 1. The zero-order valence-electron chi connectivity index (χ0n) is 17.4. The Bertz CT molecular complexity index is 1280. The maximum absolute atomic E-state index is 14.1. The van der Waals surface area contributed by atoms with Gasteiger partial charge in [0.15, 0.2) is 0 Å². The molecule has 1 N–H and O–H groups in total. The maximum Gasteiger partial charge on any atom is 0.302 e. The van der Waals surface area contributed by atoms with Gasteiger partial charge >= 0.3 is 10.0 Å². The second-order valence-electron chi connectivity index (χ2n) is 7.66. The molecule has 0 bridgehead atoms. The van der Waals surface area contributed by atoms with Crippen LogP contribution in [0.3, 0.4) is 0 Å². The Morgan fingerprint density at radius 1 is 1.18 bits per heavy atom. The molecule has 4 rings (SSSR count). The standard InChI is InChI=1S/C20H20F3N5O4S/c1-12-6-27(10-18(22)23)25-19(12)33(31,32)28-8-13-7-26(9-17(13)24-28)20(30)15(11-29)14-4-2-3-5-16(14)21/h2-6,8,15,18,29H,7,9-11H2,1H3/t15-/m0/s1. The van der Waals surface area contributed by atoms with Crippen molar-refractivity contribution < 1.29 is 31.5 Å². The molecule has 176 valence electrons. The molecule has 0 radical (unpaired) electrons. The lowest BCUT2D eigenvalue weighted by molar-refractivity contribution is -0.134. The topological polar surface area (TPSA) is 110 Å². The first-order valence-corrected chi connectivity index (χ1v) is 11.3. The third-order valence-corrected chi connectivity index (χ3v) is 6.92. The van der Waals surface area contributed by atoms with Crippen molar-refractivity contribution in [2.24, 2.45) is 0 Å². The number of aryl methyl sites for hydroxylation is 1. The summed E-state index contributed by atoms with van der Waals surface area (Å²) in [7, 11) is -4.23. The number of halogens is 3. The summed E-state index contributed by atoms with van der Waals surface area (Å²) in [5.41, 5.74) is 1.04. The molecule has 0 fully saturated rings. The van der Waals surface area contributed by atoms with E-state index in [2.05, 4.69) is 10.2 Å². The highest BCUT2D eigenvalue weighted by Gasteiger charge is 2.34. The fourth-order valence-corrected chi connectivity index (χ4v) is 5.09. The van der Waals surface area contributed by atoms with Gasteiger partial charge in [-0.2, -0.15) is 22.7 Å². The molecule has 1 aromatic carbocycles. The minimum atomic E-state index is -4.23. The van der Waals surface area contributed by atoms with Gasteiger partial charge in [-0.05, 0) is 13.0 Å². The monoisotopic (exact) mass is 483 g/mol. The Morgan fingerprint density at radius 3 is 2.55 bits per heavy atom. The number of hydrogen-bond donors (Lipinski definition) is 1. The molecule has 13 heteroatoms. The molecule has 2 aromatic heterocycles. The molecule has 1 atom stereocenters. The van der Waals surface area contributed by atoms with E-state index >= 15 is 0 Å². The van der Waals surface area contributed by atoms with Crippen molar-refractivity contribution in [2.75, 3.05) is 6.61 Å². The molecule has 3 heterocycles. The molecule has 0 aliphatic carbocycles. The van der Waals surface area contributed by atoms with Crippen molar-refractivity contribution in [1.29, 1.82) is 0 Å². The second kappa shape index (κ2) is 8.63. The summed E-state index contributed by atoms with van der Waals surface area (Å²) < 4.78 is 66.8. The largest absolute Gasteiger partial charge is 0.395 e. The zero-order valence-corrected chi connectivity index (χ0v) is 18.2. The van der Waals surface area contributed by atoms with Crippen LogP contribution in [0.4, 0.5) is 13.2 Å². The van der Waals surface area contributed by atoms with Gasteiger partial charge in [0, 0.05) is 35.6 Å². The van der Waals surface area contributed by atoms with Gasteiger partial charge in [-0.25, -0.2) is 13.2 Å². The van der Waals surface area contributed by atoms with Gasteiger partial charge in [-0.3, -0.25) is 9.48 Å². The molecule has 1 aliphatic heterocycles. The third kappa shape index (κ3) is 4.25. The maximum atomic E-state index is 14.1. The lowest BCUT2D eigenvalue weighted by Crippen LogP contribution is -2.33. The molecule has 0 spiro atoms. The Morgan fingerprint density at radius 2 is 1.91 bits per heavy atom. The Balaban J connectivity index is 1.54. The van der Waals surface area contributed by atoms with Crippen molar-refractivity contribution in [3.05, 3.63) is 64.9 Å². The van der Waals surface area contributed by atoms with Crippen LogP contribution in [0.15, 0.2) is 41.7 Å². The summed E-state index contributed by atoms with van der Waals surface area (Å²) >= 11 is 0. The number of nitrogens with zero attached hydrogens (tertiary/aromatic N) is 5. The average molecular weight is 483 g/mol. The van der Waals surface area contributed by atoms with Gasteiger partial charge in [0.1, 0.15) is 12.4 Å². The molecular formula is C20H20F3N5O4S. The lowest BCUT2D eigenvalue weighted by Gasteiger charge is -2.22. The van der Waals surface area contributed by atoms with E-state index in [1.54, 1.807) is 6.07 Å². The fraction of sp³-hybridized carbons (Fsp3) is 0.350. The number of aromatic nitrogens is 4. The van der Waals surface area contributed by atoms with E-state index in [-0.39, 0.29) is 24.2 Å². The number of aliphatic hydroxyl groups is 1. The van der Waals surface area contributed by atoms with Crippen LogP contribution in [-0.2, 0) is 34.5 Å². The fourth-order valence-electron chi connectivity index (χ4n) is 3.78. The predicted molar refractivity (Wildman–Crippen MR) is 108 cm³/mol. The quantitative estimate of drug-likeness (QED) is 0.547. The summed E-state index contributed by atoms with van der Waals surface area (Å²) in [6.07, 6.45) is -0.237. The molecular weight excluding hydrogens is 463 g/mol. The molecule has 0 saturated carbocycles. The minimum Gasteiger partial charge on any atom is -0.395 e. The summed E-state index contributed by atoms with van der Waals surface area (Å²) in [5.74, 6) is -2.23. The van der Waals surface area contributed by atoms with Crippen molar-refractivity contribution in [1.82, 2.24) is 23.9 Å². The van der Waals surface area contributed by atoms with Crippen molar-refractivity contribution in [2.45, 2.75) is 43.9 Å². The summed E-state index contributed by atoms with van der Waals surface area (Å²) in [6, 6.07) is 5.66. The summed E-state index contributed by atoms with van der Waals surface area (Å²) in [5, 5.41) is 17.1. The molecule has 1 aliphatic rings. The number of alkyl halides is 2. The Kier molecular flexibility index (Phi) is 6.01. The highest BCUT2D eigenvalue weighted by molar-refractivity contribution is 7.89. The normalized spacial score (nSPS) is 14.7. The van der Waals surface area contributed by atoms with E-state index in [1.807, 2.05) is 0 Å². The highest BCUT2D eigenvalue weighted by atomic mass is 32.2. The highest BCUT2D eigenvalue weighted by Crippen LogP contribution is 2.29. The SMILES string of the molecule is Cc1cn(CC(F)F)nc1S(=O)(=O)n1cc2c(n1)CN(C(=O)[C@@H](CO)c1ccccc1F)C2. The molecule has 1 amide bonds. The molecule has 3 aromatic rings. The number of rotatable bonds is 7.